The lowest BCUT2D eigenvalue weighted by molar-refractivity contribution is 0.0215. The van der Waals surface area contributed by atoms with Gasteiger partial charge in [0.05, 0.1) is 18.9 Å². The molecule has 0 spiro atoms. The van der Waals surface area contributed by atoms with Crippen LogP contribution in [0.4, 0.5) is 0 Å². The monoisotopic (exact) mass is 274 g/mol. The summed E-state index contributed by atoms with van der Waals surface area (Å²) in [5, 5.41) is 11.9. The third kappa shape index (κ3) is 2.95. The van der Waals surface area contributed by atoms with Crippen molar-refractivity contribution in [3.8, 4) is 0 Å². The molecule has 0 amide bonds. The normalized spacial score (nSPS) is 19.6. The molecule has 0 saturated heterocycles. The van der Waals surface area contributed by atoms with Crippen molar-refractivity contribution in [1.82, 2.24) is 10.3 Å². The average molecular weight is 274 g/mol. The fourth-order valence-electron chi connectivity index (χ4n) is 1.85. The molecule has 8 heteroatoms. The highest BCUT2D eigenvalue weighted by Gasteiger charge is 2.26. The third-order valence-electron chi connectivity index (χ3n) is 2.66. The lowest BCUT2D eigenvalue weighted by atomic mass is 10.1. The second-order valence-corrected chi connectivity index (χ2v) is 5.52. The van der Waals surface area contributed by atoms with E-state index in [2.05, 4.69) is 10.3 Å². The Morgan fingerprint density at radius 2 is 2.28 bits per heavy atom. The Balaban J connectivity index is 2.32. The van der Waals surface area contributed by atoms with E-state index in [-0.39, 0.29) is 18.6 Å². The zero-order valence-electron chi connectivity index (χ0n) is 9.61. The first-order valence-electron chi connectivity index (χ1n) is 5.51. The zero-order valence-corrected chi connectivity index (χ0v) is 10.5. The summed E-state index contributed by atoms with van der Waals surface area (Å²) in [5.74, 6) is 0. The van der Waals surface area contributed by atoms with Crippen molar-refractivity contribution >= 4 is 13.0 Å². The first-order valence-corrected chi connectivity index (χ1v) is 7.12. The van der Waals surface area contributed by atoms with Crippen LogP contribution in [0, 0.1) is 0 Å². The Bertz CT molecular complexity index is 475. The summed E-state index contributed by atoms with van der Waals surface area (Å²) in [6.45, 7) is 1.14. The lowest BCUT2D eigenvalue weighted by Crippen LogP contribution is -2.32. The zero-order chi connectivity index (χ0) is 13.2. The Kier molecular flexibility index (Phi) is 4.11. The molecule has 0 bridgehead atoms. The largest absolute Gasteiger partial charge is 0.394 e. The van der Waals surface area contributed by atoms with Gasteiger partial charge in [0.25, 0.3) is 0 Å². The highest BCUT2D eigenvalue weighted by Crippen LogP contribution is 2.33. The first-order chi connectivity index (χ1) is 8.52. The van der Waals surface area contributed by atoms with Crippen LogP contribution in [-0.4, -0.2) is 39.6 Å². The van der Waals surface area contributed by atoms with Crippen LogP contribution < -0.4 is 10.8 Å². The van der Waals surface area contributed by atoms with Gasteiger partial charge in [0.15, 0.2) is 5.44 Å². The van der Waals surface area contributed by atoms with E-state index in [1.807, 2.05) is 0 Å². The van der Waals surface area contributed by atoms with Gasteiger partial charge in [-0.25, -0.2) is 4.98 Å². The minimum Gasteiger partial charge on any atom is -0.394 e. The second kappa shape index (κ2) is 5.44. The molecule has 0 fully saturated rings. The van der Waals surface area contributed by atoms with E-state index in [0.717, 1.165) is 5.56 Å². The predicted molar refractivity (Wildman–Crippen MR) is 63.4 cm³/mol. The van der Waals surface area contributed by atoms with E-state index in [1.165, 1.54) is 6.07 Å². The van der Waals surface area contributed by atoms with Crippen LogP contribution in [0.3, 0.4) is 0 Å². The van der Waals surface area contributed by atoms with E-state index in [0.29, 0.717) is 18.8 Å². The van der Waals surface area contributed by atoms with E-state index >= 15 is 0 Å². The lowest BCUT2D eigenvalue weighted by Gasteiger charge is -2.25. The maximum absolute atomic E-state index is 11.2. The third-order valence-corrected chi connectivity index (χ3v) is 3.50. The molecule has 2 heterocycles. The number of ether oxygens (including phenoxy) is 1. The number of aromatic nitrogens is 1. The van der Waals surface area contributed by atoms with Gasteiger partial charge in [-0.05, 0) is 11.6 Å². The van der Waals surface area contributed by atoms with Crippen LogP contribution in [-0.2, 0) is 15.8 Å². The molecule has 100 valence electrons. The van der Waals surface area contributed by atoms with Crippen molar-refractivity contribution in [1.29, 1.82) is 0 Å². The van der Waals surface area contributed by atoms with Crippen LogP contribution >= 0.6 is 7.60 Å². The summed E-state index contributed by atoms with van der Waals surface area (Å²) >= 11 is 0. The van der Waals surface area contributed by atoms with Gasteiger partial charge < -0.3 is 24.9 Å². The highest BCUT2D eigenvalue weighted by molar-refractivity contribution is 7.60. The minimum atomic E-state index is -4.35. The SMILES string of the molecule is O=P(O)(O)c1ccc2c(n1)C(OCCO)CNC2. The molecular formula is C10H15N2O5P. The van der Waals surface area contributed by atoms with Gasteiger partial charge in [-0.3, -0.25) is 4.57 Å². The molecule has 1 aliphatic heterocycles. The van der Waals surface area contributed by atoms with Crippen LogP contribution in [0.25, 0.3) is 0 Å². The second-order valence-electron chi connectivity index (χ2n) is 3.97. The van der Waals surface area contributed by atoms with Crippen LogP contribution in [0.2, 0.25) is 0 Å². The number of nitrogens with one attached hydrogen (secondary N) is 1. The Labute approximate surface area is 104 Å². The molecule has 18 heavy (non-hydrogen) atoms. The number of fused-ring (bicyclic) bond motifs is 1. The summed E-state index contributed by atoms with van der Waals surface area (Å²) in [4.78, 5) is 22.2. The molecule has 1 aliphatic rings. The average Bonchev–Trinajstić information content (AvgIpc) is 2.34. The molecule has 1 aromatic heterocycles. The number of pyridine rings is 1. The molecule has 0 radical (unpaired) electrons. The molecule has 0 aliphatic carbocycles. The number of aliphatic hydroxyl groups excluding tert-OH is 1. The predicted octanol–water partition coefficient (Wildman–Crippen LogP) is -0.962. The van der Waals surface area contributed by atoms with Gasteiger partial charge in [0.1, 0.15) is 6.10 Å². The fourth-order valence-corrected chi connectivity index (χ4v) is 2.36. The highest BCUT2D eigenvalue weighted by atomic mass is 31.2. The van der Waals surface area contributed by atoms with E-state index in [1.54, 1.807) is 6.07 Å². The van der Waals surface area contributed by atoms with E-state index < -0.39 is 13.7 Å². The molecule has 0 aromatic carbocycles. The van der Waals surface area contributed by atoms with Gasteiger partial charge in [0, 0.05) is 13.1 Å². The van der Waals surface area contributed by atoms with Crippen molar-refractivity contribution < 1.29 is 24.2 Å². The number of nitrogens with zero attached hydrogens (tertiary/aromatic N) is 1. The van der Waals surface area contributed by atoms with Crippen LogP contribution in [0.15, 0.2) is 12.1 Å². The van der Waals surface area contributed by atoms with Gasteiger partial charge in [-0.1, -0.05) is 6.07 Å². The summed E-state index contributed by atoms with van der Waals surface area (Å²) < 4.78 is 16.6. The molecule has 4 N–H and O–H groups in total. The quantitative estimate of drug-likeness (QED) is 0.523. The Hall–Kier alpha value is -0.820. The molecule has 2 rings (SSSR count). The van der Waals surface area contributed by atoms with Gasteiger partial charge in [-0.2, -0.15) is 0 Å². The minimum absolute atomic E-state index is 0.107. The summed E-state index contributed by atoms with van der Waals surface area (Å²) in [7, 11) is -4.35. The van der Waals surface area contributed by atoms with Crippen molar-refractivity contribution in [3.05, 3.63) is 23.4 Å². The number of hydrogen-bond acceptors (Lipinski definition) is 5. The van der Waals surface area contributed by atoms with Crippen molar-refractivity contribution in [3.63, 3.8) is 0 Å². The number of hydrogen-bond donors (Lipinski definition) is 4. The molecule has 1 aromatic rings. The smallest absolute Gasteiger partial charge is 0.374 e. The van der Waals surface area contributed by atoms with Crippen LogP contribution in [0.1, 0.15) is 17.4 Å². The van der Waals surface area contributed by atoms with E-state index in [4.69, 9.17) is 19.6 Å². The summed E-state index contributed by atoms with van der Waals surface area (Å²) in [6, 6.07) is 2.97. The molecule has 1 unspecified atom stereocenters. The number of rotatable bonds is 4. The van der Waals surface area contributed by atoms with Gasteiger partial charge in [0.2, 0.25) is 0 Å². The molecule has 7 nitrogen and oxygen atoms in total. The maximum Gasteiger partial charge on any atom is 0.374 e. The first kappa shape index (κ1) is 13.6. The molecular weight excluding hydrogens is 259 g/mol. The Morgan fingerprint density at radius 3 is 2.94 bits per heavy atom. The number of aliphatic hydroxyl groups is 1. The Morgan fingerprint density at radius 1 is 1.50 bits per heavy atom. The van der Waals surface area contributed by atoms with Gasteiger partial charge in [-0.15, -0.1) is 0 Å². The van der Waals surface area contributed by atoms with Gasteiger partial charge >= 0.3 is 7.60 Å². The van der Waals surface area contributed by atoms with Crippen molar-refractivity contribution in [2.75, 3.05) is 19.8 Å². The van der Waals surface area contributed by atoms with Crippen molar-refractivity contribution in [2.45, 2.75) is 12.6 Å². The van der Waals surface area contributed by atoms with E-state index in [9.17, 15) is 4.57 Å². The maximum atomic E-state index is 11.2. The standard InChI is InChI=1S/C10H15N2O5P/c13-3-4-17-8-6-11-5-7-1-2-9(12-10(7)8)18(14,15)16/h1-2,8,11,13H,3-6H2,(H2,14,15,16). The van der Waals surface area contributed by atoms with Crippen molar-refractivity contribution in [2.24, 2.45) is 0 Å². The summed E-state index contributed by atoms with van der Waals surface area (Å²) in [5.41, 5.74) is 1.13. The fraction of sp³-hybridized carbons (Fsp3) is 0.500. The molecule has 0 saturated carbocycles. The topological polar surface area (TPSA) is 112 Å². The molecule has 1 atom stereocenters. The van der Waals surface area contributed by atoms with Crippen LogP contribution in [0.5, 0.6) is 0 Å². The summed E-state index contributed by atoms with van der Waals surface area (Å²) in [6.07, 6.45) is -0.396.